The lowest BCUT2D eigenvalue weighted by molar-refractivity contribution is -0.121. The first-order chi connectivity index (χ1) is 20.6. The van der Waals surface area contributed by atoms with Gasteiger partial charge in [0.15, 0.2) is 0 Å². The van der Waals surface area contributed by atoms with Gasteiger partial charge in [-0.3, -0.25) is 14.4 Å². The number of nitrogens with one attached hydrogen (secondary N) is 2. The van der Waals surface area contributed by atoms with Gasteiger partial charge in [-0.15, -0.1) is 0 Å². The van der Waals surface area contributed by atoms with Crippen LogP contribution in [-0.4, -0.2) is 59.5 Å². The van der Waals surface area contributed by atoms with Crippen LogP contribution < -0.4 is 10.6 Å². The predicted molar refractivity (Wildman–Crippen MR) is 164 cm³/mol. The fourth-order valence-corrected chi connectivity index (χ4v) is 5.88. The molecule has 236 valence electrons. The van der Waals surface area contributed by atoms with Crippen LogP contribution in [0.3, 0.4) is 0 Å². The Balaban J connectivity index is 1.72. The van der Waals surface area contributed by atoms with Crippen molar-refractivity contribution < 1.29 is 28.3 Å². The minimum absolute atomic E-state index is 0.0321. The van der Waals surface area contributed by atoms with Gasteiger partial charge in [0.1, 0.15) is 11.6 Å². The number of halogens is 2. The maximum absolute atomic E-state index is 13.9. The van der Waals surface area contributed by atoms with Gasteiger partial charge in [0.2, 0.25) is 5.91 Å². The van der Waals surface area contributed by atoms with Crippen LogP contribution in [0.5, 0.6) is 0 Å². The lowest BCUT2D eigenvalue weighted by Gasteiger charge is -2.25. The Bertz CT molecular complexity index is 1210. The molecular weight excluding hydrogens is 552 g/mol. The number of amides is 3. The largest absolute Gasteiger partial charge is 0.391 e. The summed E-state index contributed by atoms with van der Waals surface area (Å²) in [5.41, 5.74) is 1.65. The summed E-state index contributed by atoms with van der Waals surface area (Å²) in [5, 5.41) is 16.8. The predicted octanol–water partition coefficient (Wildman–Crippen LogP) is 5.71. The molecule has 0 heterocycles. The Kier molecular flexibility index (Phi) is 13.6. The summed E-state index contributed by atoms with van der Waals surface area (Å²) in [6.07, 6.45) is 6.68. The van der Waals surface area contributed by atoms with E-state index in [0.29, 0.717) is 31.0 Å². The van der Waals surface area contributed by atoms with E-state index in [0.717, 1.165) is 30.9 Å². The van der Waals surface area contributed by atoms with Crippen LogP contribution in [0.4, 0.5) is 8.78 Å². The summed E-state index contributed by atoms with van der Waals surface area (Å²) in [6.45, 7) is 7.22. The second-order valence-electron chi connectivity index (χ2n) is 11.8. The highest BCUT2D eigenvalue weighted by atomic mass is 19.1. The molecule has 43 heavy (non-hydrogen) atoms. The van der Waals surface area contributed by atoms with Gasteiger partial charge in [-0.1, -0.05) is 39.5 Å². The van der Waals surface area contributed by atoms with Crippen molar-refractivity contribution in [3.05, 3.63) is 70.3 Å². The van der Waals surface area contributed by atoms with Crippen LogP contribution >= 0.6 is 0 Å². The van der Waals surface area contributed by atoms with E-state index in [1.54, 1.807) is 30.0 Å². The Hall–Kier alpha value is -3.33. The molecule has 2 atom stereocenters. The maximum atomic E-state index is 13.9. The molecule has 0 spiro atoms. The summed E-state index contributed by atoms with van der Waals surface area (Å²) < 4.78 is 27.9. The average Bonchev–Trinajstić information content (AvgIpc) is 3.48. The van der Waals surface area contributed by atoms with Crippen molar-refractivity contribution in [3.63, 3.8) is 0 Å². The molecule has 0 saturated heterocycles. The lowest BCUT2D eigenvalue weighted by Crippen LogP contribution is -2.46. The first-order valence-electron chi connectivity index (χ1n) is 15.7. The third kappa shape index (κ3) is 11.0. The SMILES string of the molecule is CCCN(CCC)C(=O)c1cc(C)cc(C(=O)N[C@@H](Cc2cc(F)cc(F)c2)[C@@H](O)CCNC(=O)CCC2CCCC2)c1. The molecule has 9 heteroatoms. The Morgan fingerprint density at radius 2 is 1.58 bits per heavy atom. The molecular formula is C34H47F2N3O4. The molecule has 0 radical (unpaired) electrons. The number of nitrogens with zero attached hydrogens (tertiary/aromatic N) is 1. The number of aliphatic hydroxyl groups is 1. The van der Waals surface area contributed by atoms with Crippen LogP contribution in [0.25, 0.3) is 0 Å². The number of carbonyl (C=O) groups is 3. The van der Waals surface area contributed by atoms with Gasteiger partial charge in [-0.05, 0) is 86.4 Å². The van der Waals surface area contributed by atoms with Gasteiger partial charge in [-0.25, -0.2) is 8.78 Å². The third-order valence-corrected chi connectivity index (χ3v) is 8.04. The van der Waals surface area contributed by atoms with E-state index in [1.165, 1.54) is 37.8 Å². The fourth-order valence-electron chi connectivity index (χ4n) is 5.88. The van der Waals surface area contributed by atoms with Gasteiger partial charge in [0, 0.05) is 43.2 Å². The average molecular weight is 600 g/mol. The van der Waals surface area contributed by atoms with E-state index in [2.05, 4.69) is 10.6 Å². The molecule has 0 bridgehead atoms. The lowest BCUT2D eigenvalue weighted by atomic mass is 9.97. The summed E-state index contributed by atoms with van der Waals surface area (Å²) in [4.78, 5) is 40.8. The van der Waals surface area contributed by atoms with Gasteiger partial charge in [0.25, 0.3) is 11.8 Å². The third-order valence-electron chi connectivity index (χ3n) is 8.04. The van der Waals surface area contributed by atoms with Crippen LogP contribution in [0.15, 0.2) is 36.4 Å². The second-order valence-corrected chi connectivity index (χ2v) is 11.8. The van der Waals surface area contributed by atoms with Gasteiger partial charge in [0.05, 0.1) is 12.1 Å². The second kappa shape index (κ2) is 17.1. The minimum Gasteiger partial charge on any atom is -0.391 e. The standard InChI is InChI=1S/C34H47F2N3O4/c1-4-14-39(15-5-2)34(43)27-17-23(3)16-26(21-27)33(42)38-30(20-25-18-28(35)22-29(36)19-25)31(40)12-13-37-32(41)11-10-24-8-6-7-9-24/h16-19,21-22,24,30-31,40H,4-15,20H2,1-3H3,(H,37,41)(H,38,42)/t30-,31-/m0/s1. The summed E-state index contributed by atoms with van der Waals surface area (Å²) in [6, 6.07) is 7.14. The monoisotopic (exact) mass is 599 g/mol. The maximum Gasteiger partial charge on any atom is 0.253 e. The van der Waals surface area contributed by atoms with E-state index in [-0.39, 0.29) is 42.3 Å². The van der Waals surface area contributed by atoms with E-state index >= 15 is 0 Å². The molecule has 1 saturated carbocycles. The van der Waals surface area contributed by atoms with Gasteiger partial charge in [-0.2, -0.15) is 0 Å². The van der Waals surface area contributed by atoms with Gasteiger partial charge < -0.3 is 20.6 Å². The Morgan fingerprint density at radius 3 is 2.21 bits per heavy atom. The van der Waals surface area contributed by atoms with Crippen molar-refractivity contribution in [1.82, 2.24) is 15.5 Å². The molecule has 3 rings (SSSR count). The van der Waals surface area contributed by atoms with Crippen LogP contribution in [-0.2, 0) is 11.2 Å². The highest BCUT2D eigenvalue weighted by Gasteiger charge is 2.25. The Labute approximate surface area is 254 Å². The first-order valence-corrected chi connectivity index (χ1v) is 15.7. The van der Waals surface area contributed by atoms with Crippen LogP contribution in [0, 0.1) is 24.5 Å². The van der Waals surface area contributed by atoms with Gasteiger partial charge >= 0.3 is 0 Å². The molecule has 0 aromatic heterocycles. The smallest absolute Gasteiger partial charge is 0.253 e. The number of aryl methyl sites for hydroxylation is 1. The van der Waals surface area contributed by atoms with Crippen molar-refractivity contribution in [3.8, 4) is 0 Å². The fraction of sp³-hybridized carbons (Fsp3) is 0.559. The molecule has 3 N–H and O–H groups in total. The summed E-state index contributed by atoms with van der Waals surface area (Å²) >= 11 is 0. The summed E-state index contributed by atoms with van der Waals surface area (Å²) in [5.74, 6) is -1.66. The van der Waals surface area contributed by atoms with Crippen molar-refractivity contribution in [2.75, 3.05) is 19.6 Å². The topological polar surface area (TPSA) is 98.7 Å². The zero-order valence-corrected chi connectivity index (χ0v) is 25.8. The highest BCUT2D eigenvalue weighted by Crippen LogP contribution is 2.28. The van der Waals surface area contributed by atoms with E-state index in [9.17, 15) is 28.3 Å². The van der Waals surface area contributed by atoms with E-state index in [1.807, 2.05) is 13.8 Å². The van der Waals surface area contributed by atoms with Crippen molar-refractivity contribution >= 4 is 17.7 Å². The van der Waals surface area contributed by atoms with Crippen molar-refractivity contribution in [2.24, 2.45) is 5.92 Å². The zero-order chi connectivity index (χ0) is 31.4. The molecule has 2 aromatic rings. The molecule has 1 aliphatic rings. The van der Waals surface area contributed by atoms with Crippen molar-refractivity contribution in [2.45, 2.75) is 97.1 Å². The zero-order valence-electron chi connectivity index (χ0n) is 25.8. The number of rotatable bonds is 16. The molecule has 1 aliphatic carbocycles. The Morgan fingerprint density at radius 1 is 0.953 bits per heavy atom. The molecule has 2 aromatic carbocycles. The van der Waals surface area contributed by atoms with Crippen molar-refractivity contribution in [1.29, 1.82) is 0 Å². The molecule has 3 amide bonds. The molecule has 0 aliphatic heterocycles. The normalized spacial score (nSPS) is 14.7. The number of aliphatic hydroxyl groups excluding tert-OH is 1. The number of hydrogen-bond donors (Lipinski definition) is 3. The number of carbonyl (C=O) groups excluding carboxylic acids is 3. The molecule has 7 nitrogen and oxygen atoms in total. The first kappa shape index (κ1) is 34.2. The summed E-state index contributed by atoms with van der Waals surface area (Å²) in [7, 11) is 0. The highest BCUT2D eigenvalue weighted by molar-refractivity contribution is 6.00. The van der Waals surface area contributed by atoms with E-state index < -0.39 is 29.7 Å². The van der Waals surface area contributed by atoms with Crippen LogP contribution in [0.2, 0.25) is 0 Å². The molecule has 1 fully saturated rings. The van der Waals surface area contributed by atoms with Crippen LogP contribution in [0.1, 0.15) is 103 Å². The number of benzene rings is 2. The minimum atomic E-state index is -1.11. The quantitative estimate of drug-likeness (QED) is 0.230. The number of hydrogen-bond acceptors (Lipinski definition) is 4. The van der Waals surface area contributed by atoms with E-state index in [4.69, 9.17) is 0 Å². The molecule has 0 unspecified atom stereocenters.